The maximum atomic E-state index is 5.97. The predicted molar refractivity (Wildman–Crippen MR) is 117 cm³/mol. The van der Waals surface area contributed by atoms with E-state index in [1.807, 2.05) is 36.4 Å². The standard InChI is InChI=1S/C22H17N5OS/c23-16-2-1-3-17(13-16)25-22-24-9-6-21(26-22)28-19-4-5-20-15(12-19)7-10-27(20)18-8-11-29-14-18/h1-14H,23H2,(H,24,25,26). The Labute approximate surface area is 171 Å². The fourth-order valence-corrected chi connectivity index (χ4v) is 3.76. The average molecular weight is 399 g/mol. The van der Waals surface area contributed by atoms with Crippen molar-refractivity contribution in [2.75, 3.05) is 11.1 Å². The lowest BCUT2D eigenvalue weighted by molar-refractivity contribution is 0.463. The number of benzene rings is 2. The number of aromatic nitrogens is 3. The van der Waals surface area contributed by atoms with E-state index in [-0.39, 0.29) is 0 Å². The summed E-state index contributed by atoms with van der Waals surface area (Å²) >= 11 is 1.68. The maximum absolute atomic E-state index is 5.97. The zero-order valence-electron chi connectivity index (χ0n) is 15.3. The lowest BCUT2D eigenvalue weighted by atomic mass is 10.2. The smallest absolute Gasteiger partial charge is 0.230 e. The van der Waals surface area contributed by atoms with Gasteiger partial charge in [-0.1, -0.05) is 6.07 Å². The minimum atomic E-state index is 0.442. The summed E-state index contributed by atoms with van der Waals surface area (Å²) in [5, 5.41) is 8.43. The third-order valence-electron chi connectivity index (χ3n) is 4.44. The van der Waals surface area contributed by atoms with Gasteiger partial charge in [0.25, 0.3) is 0 Å². The molecule has 0 spiro atoms. The molecular weight excluding hydrogens is 382 g/mol. The second kappa shape index (κ2) is 7.29. The number of nitrogens with two attached hydrogens (primary N) is 1. The van der Waals surface area contributed by atoms with Gasteiger partial charge in [0.2, 0.25) is 11.8 Å². The fraction of sp³-hybridized carbons (Fsp3) is 0. The maximum Gasteiger partial charge on any atom is 0.230 e. The van der Waals surface area contributed by atoms with Crippen molar-refractivity contribution in [1.29, 1.82) is 0 Å². The van der Waals surface area contributed by atoms with Crippen LogP contribution in [0.25, 0.3) is 16.6 Å². The van der Waals surface area contributed by atoms with Crippen LogP contribution >= 0.6 is 11.3 Å². The minimum Gasteiger partial charge on any atom is -0.439 e. The molecule has 0 unspecified atom stereocenters. The number of anilines is 3. The normalized spacial score (nSPS) is 10.9. The molecule has 0 radical (unpaired) electrons. The van der Waals surface area contributed by atoms with Crippen molar-refractivity contribution in [3.05, 3.63) is 83.8 Å². The molecule has 0 aliphatic heterocycles. The molecule has 2 aromatic carbocycles. The molecule has 0 amide bonds. The molecule has 5 aromatic rings. The molecule has 3 aromatic heterocycles. The van der Waals surface area contributed by atoms with Gasteiger partial charge in [-0.15, -0.1) is 0 Å². The summed E-state index contributed by atoms with van der Waals surface area (Å²) < 4.78 is 8.13. The molecule has 3 heterocycles. The highest BCUT2D eigenvalue weighted by atomic mass is 32.1. The van der Waals surface area contributed by atoms with E-state index in [1.54, 1.807) is 23.6 Å². The van der Waals surface area contributed by atoms with Gasteiger partial charge in [-0.2, -0.15) is 16.3 Å². The Balaban J connectivity index is 1.38. The van der Waals surface area contributed by atoms with Crippen molar-refractivity contribution >= 4 is 39.6 Å². The van der Waals surface area contributed by atoms with E-state index in [4.69, 9.17) is 10.5 Å². The molecule has 7 heteroatoms. The number of nitrogen functional groups attached to an aromatic ring is 1. The quantitative estimate of drug-likeness (QED) is 0.376. The van der Waals surface area contributed by atoms with Crippen molar-refractivity contribution in [3.63, 3.8) is 0 Å². The summed E-state index contributed by atoms with van der Waals surface area (Å²) in [5.74, 6) is 1.62. The second-order valence-corrected chi connectivity index (χ2v) is 7.24. The molecule has 142 valence electrons. The highest BCUT2D eigenvalue weighted by molar-refractivity contribution is 7.08. The van der Waals surface area contributed by atoms with Crippen LogP contribution in [0.15, 0.2) is 83.8 Å². The molecule has 3 N–H and O–H groups in total. The molecule has 0 saturated heterocycles. The van der Waals surface area contributed by atoms with E-state index in [0.29, 0.717) is 23.3 Å². The van der Waals surface area contributed by atoms with Gasteiger partial charge in [-0.05, 0) is 53.9 Å². The molecule has 0 aliphatic carbocycles. The molecule has 6 nitrogen and oxygen atoms in total. The zero-order chi connectivity index (χ0) is 19.6. The summed E-state index contributed by atoms with van der Waals surface area (Å²) in [6.45, 7) is 0. The van der Waals surface area contributed by atoms with E-state index < -0.39 is 0 Å². The van der Waals surface area contributed by atoms with Gasteiger partial charge >= 0.3 is 0 Å². The van der Waals surface area contributed by atoms with Gasteiger partial charge in [0.05, 0.1) is 11.2 Å². The first kappa shape index (κ1) is 17.3. The second-order valence-electron chi connectivity index (χ2n) is 6.46. The van der Waals surface area contributed by atoms with Gasteiger partial charge in [0.15, 0.2) is 0 Å². The number of fused-ring (bicyclic) bond motifs is 1. The third kappa shape index (κ3) is 3.63. The lowest BCUT2D eigenvalue weighted by Crippen LogP contribution is -1.98. The van der Waals surface area contributed by atoms with E-state index in [1.165, 1.54) is 0 Å². The van der Waals surface area contributed by atoms with Gasteiger partial charge in [0.1, 0.15) is 5.75 Å². The minimum absolute atomic E-state index is 0.442. The Kier molecular flexibility index (Phi) is 4.34. The molecule has 0 atom stereocenters. The number of rotatable bonds is 5. The number of hydrogen-bond donors (Lipinski definition) is 2. The molecule has 0 fully saturated rings. The van der Waals surface area contributed by atoms with Crippen LogP contribution in [-0.4, -0.2) is 14.5 Å². The van der Waals surface area contributed by atoms with Crippen LogP contribution in [0.3, 0.4) is 0 Å². The van der Waals surface area contributed by atoms with Crippen LogP contribution in [0, 0.1) is 0 Å². The topological polar surface area (TPSA) is 78.0 Å². The molecule has 29 heavy (non-hydrogen) atoms. The van der Waals surface area contributed by atoms with Crippen LogP contribution < -0.4 is 15.8 Å². The number of ether oxygens (including phenoxy) is 1. The first-order valence-electron chi connectivity index (χ1n) is 9.02. The fourth-order valence-electron chi connectivity index (χ4n) is 3.13. The number of nitrogens with one attached hydrogen (secondary N) is 1. The summed E-state index contributed by atoms with van der Waals surface area (Å²) in [7, 11) is 0. The average Bonchev–Trinajstić information content (AvgIpc) is 3.37. The van der Waals surface area contributed by atoms with Crippen molar-refractivity contribution in [1.82, 2.24) is 14.5 Å². The molecule has 5 rings (SSSR count). The Morgan fingerprint density at radius 3 is 2.86 bits per heavy atom. The highest BCUT2D eigenvalue weighted by Crippen LogP contribution is 2.28. The van der Waals surface area contributed by atoms with E-state index in [9.17, 15) is 0 Å². The van der Waals surface area contributed by atoms with Crippen LogP contribution in [0.5, 0.6) is 11.6 Å². The Hall–Kier alpha value is -3.84. The van der Waals surface area contributed by atoms with E-state index in [2.05, 4.69) is 55.0 Å². The van der Waals surface area contributed by atoms with E-state index >= 15 is 0 Å². The first-order chi connectivity index (χ1) is 14.2. The first-order valence-corrected chi connectivity index (χ1v) is 9.96. The number of nitrogens with zero attached hydrogens (tertiary/aromatic N) is 3. The SMILES string of the molecule is Nc1cccc(Nc2nccc(Oc3ccc4c(ccn4-c4ccsc4)c3)n2)c1. The van der Waals surface area contributed by atoms with Gasteiger partial charge in [-0.3, -0.25) is 0 Å². The van der Waals surface area contributed by atoms with Crippen LogP contribution in [0.1, 0.15) is 0 Å². The van der Waals surface area contributed by atoms with Crippen molar-refractivity contribution in [2.45, 2.75) is 0 Å². The van der Waals surface area contributed by atoms with Crippen LogP contribution in [0.4, 0.5) is 17.3 Å². The number of hydrogen-bond acceptors (Lipinski definition) is 6. The van der Waals surface area contributed by atoms with Gasteiger partial charge in [-0.25, -0.2) is 4.98 Å². The van der Waals surface area contributed by atoms with Gasteiger partial charge < -0.3 is 20.4 Å². The number of thiophene rings is 1. The Morgan fingerprint density at radius 1 is 1.03 bits per heavy atom. The van der Waals surface area contributed by atoms with Crippen molar-refractivity contribution in [3.8, 4) is 17.3 Å². The summed E-state index contributed by atoms with van der Waals surface area (Å²) in [5.41, 5.74) is 9.59. The molecule has 0 bridgehead atoms. The monoisotopic (exact) mass is 399 g/mol. The lowest BCUT2D eigenvalue weighted by Gasteiger charge is -2.09. The summed E-state index contributed by atoms with van der Waals surface area (Å²) in [6, 6.07) is 19.3. The molecular formula is C22H17N5OS. The van der Waals surface area contributed by atoms with Crippen LogP contribution in [0.2, 0.25) is 0 Å². The zero-order valence-corrected chi connectivity index (χ0v) is 16.1. The van der Waals surface area contributed by atoms with E-state index in [0.717, 1.165) is 22.3 Å². The summed E-state index contributed by atoms with van der Waals surface area (Å²) in [6.07, 6.45) is 3.72. The molecule has 0 aliphatic rings. The van der Waals surface area contributed by atoms with Gasteiger partial charge in [0, 0.05) is 40.6 Å². The van der Waals surface area contributed by atoms with Crippen molar-refractivity contribution in [2.24, 2.45) is 0 Å². The van der Waals surface area contributed by atoms with Crippen molar-refractivity contribution < 1.29 is 4.74 Å². The predicted octanol–water partition coefficient (Wildman–Crippen LogP) is 5.60. The highest BCUT2D eigenvalue weighted by Gasteiger charge is 2.07. The molecule has 0 saturated carbocycles. The summed E-state index contributed by atoms with van der Waals surface area (Å²) in [4.78, 5) is 8.67. The Morgan fingerprint density at radius 2 is 2.00 bits per heavy atom. The van der Waals surface area contributed by atoms with Crippen LogP contribution in [-0.2, 0) is 0 Å². The third-order valence-corrected chi connectivity index (χ3v) is 5.11. The Bertz CT molecular complexity index is 1280. The largest absolute Gasteiger partial charge is 0.439 e.